The SMILES string of the molecule is COc1cccc(OC)c1C(=O)NC1CCN(c2ccccc2)CC1. The highest BCUT2D eigenvalue weighted by Crippen LogP contribution is 2.28. The van der Waals surface area contributed by atoms with Gasteiger partial charge in [-0.3, -0.25) is 4.79 Å². The number of nitrogens with one attached hydrogen (secondary N) is 1. The van der Waals surface area contributed by atoms with Crippen molar-refractivity contribution < 1.29 is 14.3 Å². The summed E-state index contributed by atoms with van der Waals surface area (Å²) in [7, 11) is 3.12. The number of methoxy groups -OCH3 is 2. The molecule has 0 aromatic heterocycles. The van der Waals surface area contributed by atoms with Gasteiger partial charge in [0.1, 0.15) is 17.1 Å². The summed E-state index contributed by atoms with van der Waals surface area (Å²) in [6.07, 6.45) is 1.83. The zero-order chi connectivity index (χ0) is 17.6. The zero-order valence-corrected chi connectivity index (χ0v) is 14.7. The molecule has 5 heteroatoms. The molecule has 1 heterocycles. The van der Waals surface area contributed by atoms with Crippen molar-refractivity contribution in [3.8, 4) is 11.5 Å². The smallest absolute Gasteiger partial charge is 0.259 e. The lowest BCUT2D eigenvalue weighted by Gasteiger charge is -2.34. The Kier molecular flexibility index (Phi) is 5.43. The Morgan fingerprint density at radius 3 is 2.12 bits per heavy atom. The summed E-state index contributed by atoms with van der Waals surface area (Å²) in [5.41, 5.74) is 1.69. The number of nitrogens with zero attached hydrogens (tertiary/aromatic N) is 1. The Hall–Kier alpha value is -2.69. The van der Waals surface area contributed by atoms with Gasteiger partial charge in [0, 0.05) is 24.8 Å². The summed E-state index contributed by atoms with van der Waals surface area (Å²) < 4.78 is 10.6. The van der Waals surface area contributed by atoms with Gasteiger partial charge >= 0.3 is 0 Å². The van der Waals surface area contributed by atoms with Crippen LogP contribution >= 0.6 is 0 Å². The van der Waals surface area contributed by atoms with Crippen LogP contribution in [0.3, 0.4) is 0 Å². The highest BCUT2D eigenvalue weighted by atomic mass is 16.5. The highest BCUT2D eigenvalue weighted by Gasteiger charge is 2.24. The van der Waals surface area contributed by atoms with Crippen LogP contribution in [0, 0.1) is 0 Å². The van der Waals surface area contributed by atoms with Crippen LogP contribution in [0.15, 0.2) is 48.5 Å². The van der Waals surface area contributed by atoms with Crippen molar-refractivity contribution in [3.05, 3.63) is 54.1 Å². The van der Waals surface area contributed by atoms with E-state index in [0.29, 0.717) is 17.1 Å². The lowest BCUT2D eigenvalue weighted by molar-refractivity contribution is 0.0925. The Labute approximate surface area is 148 Å². The number of hydrogen-bond acceptors (Lipinski definition) is 4. The van der Waals surface area contributed by atoms with Gasteiger partial charge in [0.2, 0.25) is 0 Å². The van der Waals surface area contributed by atoms with Gasteiger partial charge in [-0.2, -0.15) is 0 Å². The quantitative estimate of drug-likeness (QED) is 0.909. The molecule has 132 valence electrons. The number of ether oxygens (including phenoxy) is 2. The number of para-hydroxylation sites is 1. The minimum atomic E-state index is -0.146. The molecule has 0 aliphatic carbocycles. The summed E-state index contributed by atoms with van der Waals surface area (Å²) in [6, 6.07) is 15.9. The summed E-state index contributed by atoms with van der Waals surface area (Å²) in [5, 5.41) is 3.13. The van der Waals surface area contributed by atoms with E-state index in [1.807, 2.05) is 12.1 Å². The average Bonchev–Trinajstić information content (AvgIpc) is 2.68. The number of carbonyl (C=O) groups excluding carboxylic acids is 1. The second-order valence-electron chi connectivity index (χ2n) is 6.11. The van der Waals surface area contributed by atoms with E-state index in [4.69, 9.17) is 9.47 Å². The molecule has 0 atom stereocenters. The van der Waals surface area contributed by atoms with Gasteiger partial charge < -0.3 is 19.7 Å². The van der Waals surface area contributed by atoms with E-state index in [1.165, 1.54) is 5.69 Å². The van der Waals surface area contributed by atoms with E-state index < -0.39 is 0 Å². The van der Waals surface area contributed by atoms with E-state index in [1.54, 1.807) is 26.4 Å². The van der Waals surface area contributed by atoms with Crippen molar-refractivity contribution >= 4 is 11.6 Å². The van der Waals surface area contributed by atoms with Crippen LogP contribution in [0.4, 0.5) is 5.69 Å². The number of piperidine rings is 1. The molecule has 1 N–H and O–H groups in total. The molecule has 25 heavy (non-hydrogen) atoms. The van der Waals surface area contributed by atoms with Gasteiger partial charge in [-0.1, -0.05) is 24.3 Å². The van der Waals surface area contributed by atoms with Crippen LogP contribution in [0.5, 0.6) is 11.5 Å². The van der Waals surface area contributed by atoms with E-state index in [9.17, 15) is 4.79 Å². The third-order valence-electron chi connectivity index (χ3n) is 4.61. The van der Waals surface area contributed by atoms with E-state index >= 15 is 0 Å². The van der Waals surface area contributed by atoms with Crippen LogP contribution in [-0.4, -0.2) is 39.3 Å². The van der Waals surface area contributed by atoms with Crippen LogP contribution < -0.4 is 19.7 Å². The second-order valence-corrected chi connectivity index (χ2v) is 6.11. The maximum absolute atomic E-state index is 12.7. The Morgan fingerprint density at radius 2 is 1.56 bits per heavy atom. The normalized spacial score (nSPS) is 14.9. The van der Waals surface area contributed by atoms with Gasteiger partial charge in [0.05, 0.1) is 14.2 Å². The molecule has 5 nitrogen and oxygen atoms in total. The number of benzene rings is 2. The zero-order valence-electron chi connectivity index (χ0n) is 14.7. The number of carbonyl (C=O) groups is 1. The average molecular weight is 340 g/mol. The Bertz CT molecular complexity index is 688. The van der Waals surface area contributed by atoms with E-state index in [0.717, 1.165) is 25.9 Å². The number of hydrogen-bond donors (Lipinski definition) is 1. The van der Waals surface area contributed by atoms with Crippen LogP contribution in [0.2, 0.25) is 0 Å². The number of rotatable bonds is 5. The standard InChI is InChI=1S/C20H24N2O3/c1-24-17-9-6-10-18(25-2)19(17)20(23)21-15-11-13-22(14-12-15)16-7-4-3-5-8-16/h3-10,15H,11-14H2,1-2H3,(H,21,23). The number of anilines is 1. The first-order valence-electron chi connectivity index (χ1n) is 8.54. The largest absolute Gasteiger partial charge is 0.496 e. The maximum Gasteiger partial charge on any atom is 0.259 e. The van der Waals surface area contributed by atoms with Crippen molar-refractivity contribution in [2.24, 2.45) is 0 Å². The second kappa shape index (κ2) is 7.92. The predicted octanol–water partition coefficient (Wildman–Crippen LogP) is 3.10. The first-order chi connectivity index (χ1) is 12.2. The summed E-state index contributed by atoms with van der Waals surface area (Å²) >= 11 is 0. The van der Waals surface area contributed by atoms with Crippen LogP contribution in [0.1, 0.15) is 23.2 Å². The first-order valence-corrected chi connectivity index (χ1v) is 8.54. The van der Waals surface area contributed by atoms with Gasteiger partial charge in [0.15, 0.2) is 0 Å². The molecule has 1 aliphatic rings. The molecule has 1 saturated heterocycles. The first kappa shape index (κ1) is 17.1. The van der Waals surface area contributed by atoms with Crippen molar-refractivity contribution in [2.75, 3.05) is 32.2 Å². The monoisotopic (exact) mass is 340 g/mol. The summed E-state index contributed by atoms with van der Waals surface area (Å²) in [6.45, 7) is 1.86. The van der Waals surface area contributed by atoms with Gasteiger partial charge in [-0.15, -0.1) is 0 Å². The minimum absolute atomic E-state index is 0.146. The minimum Gasteiger partial charge on any atom is -0.496 e. The van der Waals surface area contributed by atoms with Crippen LogP contribution in [-0.2, 0) is 0 Å². The Morgan fingerprint density at radius 1 is 0.960 bits per heavy atom. The summed E-state index contributed by atoms with van der Waals surface area (Å²) in [5.74, 6) is 0.907. The molecule has 0 unspecified atom stereocenters. The molecule has 0 saturated carbocycles. The van der Waals surface area contributed by atoms with Crippen molar-refractivity contribution in [3.63, 3.8) is 0 Å². The van der Waals surface area contributed by atoms with Gasteiger partial charge in [0.25, 0.3) is 5.91 Å². The molecule has 3 rings (SSSR count). The molecule has 2 aromatic rings. The molecule has 1 fully saturated rings. The number of amides is 1. The molecular formula is C20H24N2O3. The molecule has 1 amide bonds. The van der Waals surface area contributed by atoms with E-state index in [-0.39, 0.29) is 11.9 Å². The Balaban J connectivity index is 1.64. The third-order valence-corrected chi connectivity index (χ3v) is 4.61. The predicted molar refractivity (Wildman–Crippen MR) is 98.7 cm³/mol. The van der Waals surface area contributed by atoms with E-state index in [2.05, 4.69) is 34.5 Å². The van der Waals surface area contributed by atoms with Crippen molar-refractivity contribution in [2.45, 2.75) is 18.9 Å². The molecule has 1 aliphatic heterocycles. The lowest BCUT2D eigenvalue weighted by atomic mass is 10.0. The molecule has 0 spiro atoms. The van der Waals surface area contributed by atoms with Gasteiger partial charge in [-0.05, 0) is 37.1 Å². The fourth-order valence-electron chi connectivity index (χ4n) is 3.25. The fourth-order valence-corrected chi connectivity index (χ4v) is 3.25. The van der Waals surface area contributed by atoms with Crippen molar-refractivity contribution in [1.29, 1.82) is 0 Å². The summed E-state index contributed by atoms with van der Waals surface area (Å²) in [4.78, 5) is 15.1. The molecule has 0 radical (unpaired) electrons. The van der Waals surface area contributed by atoms with Crippen LogP contribution in [0.25, 0.3) is 0 Å². The molecule has 0 bridgehead atoms. The lowest BCUT2D eigenvalue weighted by Crippen LogP contribution is -2.44. The fraction of sp³-hybridized carbons (Fsp3) is 0.350. The molecule has 2 aromatic carbocycles. The van der Waals surface area contributed by atoms with Crippen molar-refractivity contribution in [1.82, 2.24) is 5.32 Å². The maximum atomic E-state index is 12.7. The van der Waals surface area contributed by atoms with Gasteiger partial charge in [-0.25, -0.2) is 0 Å². The highest BCUT2D eigenvalue weighted by molar-refractivity contribution is 5.99. The topological polar surface area (TPSA) is 50.8 Å². The third kappa shape index (κ3) is 3.87. The molecular weight excluding hydrogens is 316 g/mol.